The van der Waals surface area contributed by atoms with E-state index < -0.39 is 15.2 Å². The van der Waals surface area contributed by atoms with Gasteiger partial charge in [-0.3, -0.25) is 5.41 Å². The Morgan fingerprint density at radius 2 is 2.25 bits per heavy atom. The van der Waals surface area contributed by atoms with Gasteiger partial charge in [-0.1, -0.05) is 11.6 Å². The van der Waals surface area contributed by atoms with Crippen molar-refractivity contribution < 1.29 is 8.42 Å². The number of hydrogen-bond donors (Lipinski definition) is 2. The summed E-state index contributed by atoms with van der Waals surface area (Å²) in [4.78, 5) is 1.79. The molecule has 0 bridgehead atoms. The zero-order valence-electron chi connectivity index (χ0n) is 11.0. The SMILES string of the molecule is CS(=O)(=O)C1CSCCN1c1cc(Cl)ccc1C(=N)N. The van der Waals surface area contributed by atoms with E-state index in [1.165, 1.54) is 6.26 Å². The molecule has 1 unspecified atom stereocenters. The van der Waals surface area contributed by atoms with Gasteiger partial charge in [0.25, 0.3) is 0 Å². The summed E-state index contributed by atoms with van der Waals surface area (Å²) in [6.07, 6.45) is 1.23. The van der Waals surface area contributed by atoms with Gasteiger partial charge in [-0.2, -0.15) is 11.8 Å². The summed E-state index contributed by atoms with van der Waals surface area (Å²) in [5.41, 5.74) is 6.71. The van der Waals surface area contributed by atoms with Gasteiger partial charge in [-0.25, -0.2) is 8.42 Å². The fourth-order valence-electron chi connectivity index (χ4n) is 2.18. The molecule has 0 aliphatic carbocycles. The molecule has 1 aromatic carbocycles. The predicted molar refractivity (Wildman–Crippen MR) is 85.8 cm³/mol. The first-order chi connectivity index (χ1) is 9.30. The molecule has 1 aliphatic rings. The summed E-state index contributed by atoms with van der Waals surface area (Å²) in [5, 5.41) is 7.52. The van der Waals surface area contributed by atoms with Gasteiger partial charge in [-0.05, 0) is 18.2 Å². The third-order valence-corrected chi connectivity index (χ3v) is 6.02. The molecule has 0 radical (unpaired) electrons. The number of hydrogen-bond acceptors (Lipinski definition) is 5. The summed E-state index contributed by atoms with van der Waals surface area (Å²) < 4.78 is 23.9. The minimum atomic E-state index is -3.23. The van der Waals surface area contributed by atoms with E-state index in [4.69, 9.17) is 22.7 Å². The highest BCUT2D eigenvalue weighted by molar-refractivity contribution is 8.01. The molecule has 20 heavy (non-hydrogen) atoms. The number of nitrogens with two attached hydrogens (primary N) is 1. The molecule has 0 spiro atoms. The van der Waals surface area contributed by atoms with E-state index >= 15 is 0 Å². The lowest BCUT2D eigenvalue weighted by molar-refractivity contribution is 0.584. The average molecular weight is 334 g/mol. The molecule has 1 heterocycles. The van der Waals surface area contributed by atoms with Crippen LogP contribution >= 0.6 is 23.4 Å². The van der Waals surface area contributed by atoms with Gasteiger partial charge in [0.05, 0.1) is 5.69 Å². The number of sulfone groups is 1. The molecule has 1 saturated heterocycles. The van der Waals surface area contributed by atoms with E-state index in [0.717, 1.165) is 5.75 Å². The Labute approximate surface area is 127 Å². The van der Waals surface area contributed by atoms with Gasteiger partial charge in [-0.15, -0.1) is 0 Å². The van der Waals surface area contributed by atoms with Gasteiger partial charge in [0.1, 0.15) is 11.2 Å². The molecular weight excluding hydrogens is 318 g/mol. The first kappa shape index (κ1) is 15.5. The van der Waals surface area contributed by atoms with Crippen molar-refractivity contribution in [2.45, 2.75) is 5.37 Å². The van der Waals surface area contributed by atoms with Crippen LogP contribution < -0.4 is 10.6 Å². The zero-order chi connectivity index (χ0) is 14.9. The number of nitrogen functional groups attached to an aromatic ring is 1. The van der Waals surface area contributed by atoms with Crippen LogP contribution in [0.25, 0.3) is 0 Å². The summed E-state index contributed by atoms with van der Waals surface area (Å²) >= 11 is 7.62. The van der Waals surface area contributed by atoms with Crippen molar-refractivity contribution in [3.63, 3.8) is 0 Å². The van der Waals surface area contributed by atoms with E-state index in [2.05, 4.69) is 0 Å². The Morgan fingerprint density at radius 3 is 2.85 bits per heavy atom. The van der Waals surface area contributed by atoms with Gasteiger partial charge >= 0.3 is 0 Å². The summed E-state index contributed by atoms with van der Waals surface area (Å²) in [7, 11) is -3.23. The largest absolute Gasteiger partial charge is 0.384 e. The van der Waals surface area contributed by atoms with Crippen molar-refractivity contribution >= 4 is 44.7 Å². The highest BCUT2D eigenvalue weighted by atomic mass is 35.5. The number of halogens is 1. The zero-order valence-corrected chi connectivity index (χ0v) is 13.4. The molecule has 0 saturated carbocycles. The van der Waals surface area contributed by atoms with Crippen LogP contribution in [0.15, 0.2) is 18.2 Å². The first-order valence-corrected chi connectivity index (χ1v) is 9.46. The number of rotatable bonds is 3. The van der Waals surface area contributed by atoms with Crippen LogP contribution in [0.1, 0.15) is 5.56 Å². The smallest absolute Gasteiger partial charge is 0.169 e. The first-order valence-electron chi connectivity index (χ1n) is 5.98. The van der Waals surface area contributed by atoms with Crippen LogP contribution in [0.3, 0.4) is 0 Å². The second-order valence-electron chi connectivity index (χ2n) is 4.63. The van der Waals surface area contributed by atoms with E-state index in [0.29, 0.717) is 28.6 Å². The van der Waals surface area contributed by atoms with Crippen molar-refractivity contribution in [2.24, 2.45) is 5.73 Å². The second-order valence-corrected chi connectivity index (χ2v) is 8.42. The quantitative estimate of drug-likeness (QED) is 0.647. The van der Waals surface area contributed by atoms with Crippen LogP contribution in [0.2, 0.25) is 5.02 Å². The Bertz CT molecular complexity index is 634. The Kier molecular flexibility index (Phi) is 4.51. The molecular formula is C12H16ClN3O2S2. The second kappa shape index (κ2) is 5.83. The Hall–Kier alpha value is -0.920. The normalized spacial score (nSPS) is 19.9. The molecule has 110 valence electrons. The standard InChI is InChI=1S/C12H16ClN3O2S2/c1-20(17,18)11-7-19-5-4-16(11)10-6-8(13)2-3-9(10)12(14)15/h2-3,6,11H,4-5,7H2,1H3,(H3,14,15). The van der Waals surface area contributed by atoms with Crippen molar-refractivity contribution in [3.05, 3.63) is 28.8 Å². The third kappa shape index (κ3) is 3.21. The lowest BCUT2D eigenvalue weighted by Crippen LogP contribution is -2.47. The lowest BCUT2D eigenvalue weighted by atomic mass is 10.1. The summed E-state index contributed by atoms with van der Waals surface area (Å²) in [6.45, 7) is 0.586. The van der Waals surface area contributed by atoms with Crippen LogP contribution in [-0.2, 0) is 9.84 Å². The minimum absolute atomic E-state index is 0.0952. The molecule has 1 aromatic rings. The van der Waals surface area contributed by atoms with Crippen LogP contribution in [0.5, 0.6) is 0 Å². The number of anilines is 1. The van der Waals surface area contributed by atoms with Crippen molar-refractivity contribution in [1.29, 1.82) is 5.41 Å². The van der Waals surface area contributed by atoms with Crippen molar-refractivity contribution in [3.8, 4) is 0 Å². The van der Waals surface area contributed by atoms with Gasteiger partial charge in [0.15, 0.2) is 9.84 Å². The number of amidine groups is 1. The number of benzene rings is 1. The Morgan fingerprint density at radius 1 is 1.55 bits per heavy atom. The van der Waals surface area contributed by atoms with E-state index in [1.807, 2.05) is 0 Å². The van der Waals surface area contributed by atoms with E-state index in [-0.39, 0.29) is 5.84 Å². The fourth-order valence-corrected chi connectivity index (χ4v) is 5.18. The maximum absolute atomic E-state index is 12.0. The number of nitrogens with zero attached hydrogens (tertiary/aromatic N) is 1. The monoisotopic (exact) mass is 333 g/mol. The topological polar surface area (TPSA) is 87.2 Å². The van der Waals surface area contributed by atoms with E-state index in [9.17, 15) is 8.42 Å². The van der Waals surface area contributed by atoms with Crippen LogP contribution in [0, 0.1) is 5.41 Å². The molecule has 8 heteroatoms. The number of thioether (sulfide) groups is 1. The maximum atomic E-state index is 12.0. The highest BCUT2D eigenvalue weighted by Gasteiger charge is 2.32. The van der Waals surface area contributed by atoms with Crippen molar-refractivity contribution in [1.82, 2.24) is 0 Å². The van der Waals surface area contributed by atoms with Crippen LogP contribution in [0.4, 0.5) is 5.69 Å². The van der Waals surface area contributed by atoms with Crippen molar-refractivity contribution in [2.75, 3.05) is 29.2 Å². The summed E-state index contributed by atoms with van der Waals surface area (Å²) in [6, 6.07) is 4.98. The molecule has 0 amide bonds. The summed E-state index contributed by atoms with van der Waals surface area (Å²) in [5.74, 6) is 1.24. The molecule has 5 nitrogen and oxygen atoms in total. The molecule has 1 fully saturated rings. The van der Waals surface area contributed by atoms with Gasteiger partial charge in [0, 0.05) is 34.9 Å². The molecule has 0 aromatic heterocycles. The van der Waals surface area contributed by atoms with Gasteiger partial charge in [0.2, 0.25) is 0 Å². The predicted octanol–water partition coefficient (Wildman–Crippen LogP) is 1.55. The number of nitrogens with one attached hydrogen (secondary N) is 1. The van der Waals surface area contributed by atoms with Crippen LogP contribution in [-0.4, -0.2) is 43.9 Å². The average Bonchev–Trinajstić information content (AvgIpc) is 2.37. The van der Waals surface area contributed by atoms with Gasteiger partial charge < -0.3 is 10.6 Å². The molecule has 2 rings (SSSR count). The van der Waals surface area contributed by atoms with E-state index in [1.54, 1.807) is 34.9 Å². The Balaban J connectivity index is 2.52. The minimum Gasteiger partial charge on any atom is -0.384 e. The third-order valence-electron chi connectivity index (χ3n) is 3.14. The molecule has 1 atom stereocenters. The molecule has 1 aliphatic heterocycles. The fraction of sp³-hybridized carbons (Fsp3) is 0.417. The maximum Gasteiger partial charge on any atom is 0.169 e. The lowest BCUT2D eigenvalue weighted by Gasteiger charge is -2.37. The highest BCUT2D eigenvalue weighted by Crippen LogP contribution is 2.31. The molecule has 3 N–H and O–H groups in total.